The van der Waals surface area contributed by atoms with Crippen molar-refractivity contribution >= 4 is 33.9 Å². The number of rotatable bonds is 7. The number of anilines is 3. The van der Waals surface area contributed by atoms with Crippen LogP contribution in [0.3, 0.4) is 0 Å². The van der Waals surface area contributed by atoms with Crippen LogP contribution in [0, 0.1) is 0 Å². The minimum Gasteiger partial charge on any atom is -0.483 e. The van der Waals surface area contributed by atoms with Crippen molar-refractivity contribution < 1.29 is 4.74 Å². The highest BCUT2D eigenvalue weighted by atomic mass is 16.5. The van der Waals surface area contributed by atoms with Gasteiger partial charge in [0, 0.05) is 33.5 Å². The van der Waals surface area contributed by atoms with E-state index >= 15 is 0 Å². The first-order valence-electron chi connectivity index (χ1n) is 23.0. The summed E-state index contributed by atoms with van der Waals surface area (Å²) in [6, 6.07) is 87.0. The van der Waals surface area contributed by atoms with Gasteiger partial charge in [0.15, 0.2) is 0 Å². The Kier molecular flexibility index (Phi) is 8.66. The van der Waals surface area contributed by atoms with Crippen LogP contribution in [0.4, 0.5) is 17.1 Å². The summed E-state index contributed by atoms with van der Waals surface area (Å²) in [5, 5.41) is 2.46. The molecule has 66 heavy (non-hydrogen) atoms. The van der Waals surface area contributed by atoms with Crippen molar-refractivity contribution in [2.45, 2.75) is 23.9 Å². The molecular weight excluding hydrogens is 799 g/mol. The Bertz CT molecular complexity index is 3510. The van der Waals surface area contributed by atoms with Crippen LogP contribution in [0.5, 0.6) is 5.75 Å². The molecule has 13 rings (SSSR count). The van der Waals surface area contributed by atoms with Gasteiger partial charge in [-0.3, -0.25) is 0 Å². The van der Waals surface area contributed by atoms with Crippen LogP contribution in [-0.4, -0.2) is 0 Å². The number of ether oxygens (including phenoxy) is 1. The molecule has 2 unspecified atom stereocenters. The molecule has 0 aromatic heterocycles. The fourth-order valence-electron chi connectivity index (χ4n) is 11.6. The summed E-state index contributed by atoms with van der Waals surface area (Å²) >= 11 is 0. The Morgan fingerprint density at radius 1 is 0.439 bits per heavy atom. The van der Waals surface area contributed by atoms with Gasteiger partial charge < -0.3 is 9.64 Å². The molecule has 0 saturated heterocycles. The van der Waals surface area contributed by atoms with Crippen LogP contribution in [0.1, 0.15) is 52.0 Å². The van der Waals surface area contributed by atoms with Gasteiger partial charge >= 0.3 is 0 Å². The maximum absolute atomic E-state index is 7.26. The summed E-state index contributed by atoms with van der Waals surface area (Å²) in [4.78, 5) is 2.51. The molecule has 0 fully saturated rings. The summed E-state index contributed by atoms with van der Waals surface area (Å²) < 4.78 is 7.26. The topological polar surface area (TPSA) is 12.5 Å². The second kappa shape index (κ2) is 14.9. The Balaban J connectivity index is 1.07. The van der Waals surface area contributed by atoms with Gasteiger partial charge in [-0.2, -0.15) is 0 Å². The molecule has 2 aliphatic carbocycles. The summed E-state index contributed by atoms with van der Waals surface area (Å²) in [6.45, 7) is 2.33. The minimum atomic E-state index is -0.549. The molecule has 0 bridgehead atoms. The number of hydrogen-bond acceptors (Lipinski definition) is 2. The highest BCUT2D eigenvalue weighted by molar-refractivity contribution is 6.00. The fourth-order valence-corrected chi connectivity index (χ4v) is 11.6. The second-order valence-electron chi connectivity index (χ2n) is 18.1. The van der Waals surface area contributed by atoms with E-state index in [9.17, 15) is 0 Å². The van der Waals surface area contributed by atoms with Gasteiger partial charge in [-0.05, 0) is 92.5 Å². The van der Waals surface area contributed by atoms with Crippen LogP contribution < -0.4 is 9.64 Å². The summed E-state index contributed by atoms with van der Waals surface area (Å²) in [5.74, 6) is 0.944. The Morgan fingerprint density at radius 3 is 1.88 bits per heavy atom. The van der Waals surface area contributed by atoms with E-state index in [0.29, 0.717) is 0 Å². The van der Waals surface area contributed by atoms with E-state index in [0.717, 1.165) is 39.5 Å². The number of para-hydroxylation sites is 2. The number of benzene rings is 10. The SMILES string of the molecule is CC12C=Cc3ccccc3C1Oc1c(-c3ccccc3N(c3cccc(-c4ccc5ccccc5c4)c3)c3cccc4c3-c3ccccc3C4(c3ccccc3)c3ccccc3)cccc12. The number of fused-ring (bicyclic) bond motifs is 9. The predicted octanol–water partition coefficient (Wildman–Crippen LogP) is 16.4. The van der Waals surface area contributed by atoms with Crippen LogP contribution in [-0.2, 0) is 10.8 Å². The molecule has 1 heterocycles. The van der Waals surface area contributed by atoms with Gasteiger partial charge in [-0.25, -0.2) is 0 Å². The van der Waals surface area contributed by atoms with E-state index in [2.05, 4.69) is 261 Å². The number of hydrogen-bond donors (Lipinski definition) is 0. The van der Waals surface area contributed by atoms with E-state index in [1.807, 2.05) is 0 Å². The summed E-state index contributed by atoms with van der Waals surface area (Å²) in [5.41, 5.74) is 18.0. The molecule has 0 amide bonds. The van der Waals surface area contributed by atoms with Crippen molar-refractivity contribution in [1.82, 2.24) is 0 Å². The smallest absolute Gasteiger partial charge is 0.137 e. The van der Waals surface area contributed by atoms with Crippen LogP contribution >= 0.6 is 0 Å². The number of nitrogens with zero attached hydrogens (tertiary/aromatic N) is 1. The van der Waals surface area contributed by atoms with Gasteiger partial charge in [0.2, 0.25) is 0 Å². The minimum absolute atomic E-state index is 0.130. The molecule has 2 atom stereocenters. The largest absolute Gasteiger partial charge is 0.483 e. The molecule has 2 nitrogen and oxygen atoms in total. The monoisotopic (exact) mass is 843 g/mol. The predicted molar refractivity (Wildman–Crippen MR) is 273 cm³/mol. The second-order valence-corrected chi connectivity index (χ2v) is 18.1. The summed E-state index contributed by atoms with van der Waals surface area (Å²) in [7, 11) is 0. The van der Waals surface area contributed by atoms with Crippen molar-refractivity contribution in [1.29, 1.82) is 0 Å². The first kappa shape index (κ1) is 38.3. The van der Waals surface area contributed by atoms with Crippen molar-refractivity contribution in [3.8, 4) is 39.1 Å². The molecule has 1 aliphatic heterocycles. The maximum atomic E-state index is 7.26. The first-order chi connectivity index (χ1) is 32.6. The van der Waals surface area contributed by atoms with Gasteiger partial charge in [0.1, 0.15) is 11.9 Å². The van der Waals surface area contributed by atoms with Crippen molar-refractivity contribution in [3.05, 3.63) is 282 Å². The fraction of sp³-hybridized carbons (Fsp3) is 0.0625. The third kappa shape index (κ3) is 5.61. The molecule has 0 N–H and O–H groups in total. The Hall–Kier alpha value is -8.20. The Labute approximate surface area is 386 Å². The average molecular weight is 844 g/mol. The normalized spacial score (nSPS) is 17.0. The van der Waals surface area contributed by atoms with Crippen LogP contribution in [0.25, 0.3) is 50.2 Å². The van der Waals surface area contributed by atoms with E-state index in [1.165, 1.54) is 66.4 Å². The first-order valence-corrected chi connectivity index (χ1v) is 23.0. The maximum Gasteiger partial charge on any atom is 0.137 e. The van der Waals surface area contributed by atoms with Crippen molar-refractivity contribution in [3.63, 3.8) is 0 Å². The van der Waals surface area contributed by atoms with Crippen molar-refractivity contribution in [2.24, 2.45) is 0 Å². The highest BCUT2D eigenvalue weighted by Crippen LogP contribution is 2.61. The van der Waals surface area contributed by atoms with E-state index in [-0.39, 0.29) is 11.5 Å². The molecule has 3 aliphatic rings. The third-order valence-electron chi connectivity index (χ3n) is 14.6. The quantitative estimate of drug-likeness (QED) is 0.158. The molecule has 312 valence electrons. The zero-order valence-corrected chi connectivity index (χ0v) is 36.6. The van der Waals surface area contributed by atoms with Crippen molar-refractivity contribution in [2.75, 3.05) is 4.90 Å². The van der Waals surface area contributed by atoms with Gasteiger partial charge in [0.05, 0.1) is 22.2 Å². The molecule has 0 radical (unpaired) electrons. The van der Waals surface area contributed by atoms with E-state index in [1.54, 1.807) is 0 Å². The van der Waals surface area contributed by atoms with Gasteiger partial charge in [-0.15, -0.1) is 0 Å². The lowest BCUT2D eigenvalue weighted by Crippen LogP contribution is -2.28. The zero-order valence-electron chi connectivity index (χ0n) is 36.6. The molecule has 10 aromatic rings. The molecule has 0 spiro atoms. The van der Waals surface area contributed by atoms with E-state index in [4.69, 9.17) is 4.74 Å². The molecule has 10 aromatic carbocycles. The Morgan fingerprint density at radius 2 is 1.05 bits per heavy atom. The molecule has 2 heteroatoms. The van der Waals surface area contributed by atoms with E-state index < -0.39 is 5.41 Å². The van der Waals surface area contributed by atoms with Crippen LogP contribution in [0.15, 0.2) is 243 Å². The lowest BCUT2D eigenvalue weighted by atomic mass is 9.68. The zero-order chi connectivity index (χ0) is 43.8. The molecule has 0 saturated carbocycles. The molecular formula is C64H45NO. The van der Waals surface area contributed by atoms with Gasteiger partial charge in [-0.1, -0.05) is 218 Å². The van der Waals surface area contributed by atoms with Crippen LogP contribution in [0.2, 0.25) is 0 Å². The highest BCUT2D eigenvalue weighted by Gasteiger charge is 2.49. The lowest BCUT2D eigenvalue weighted by molar-refractivity contribution is 0.182. The lowest BCUT2D eigenvalue weighted by Gasteiger charge is -2.34. The van der Waals surface area contributed by atoms with Gasteiger partial charge in [0.25, 0.3) is 0 Å². The third-order valence-corrected chi connectivity index (χ3v) is 14.6. The standard InChI is InChI=1S/C64H45NO/c1-63-40-39-44-20-10-11-28-51(44)62(63)66-61-53(31-17-34-57(61)63)52-29-13-15-35-58(52)65(50-27-16-22-46(42-50)47-38-37-43-19-8-9-21-45(43)41-47)59-36-18-33-56-60(59)54-30-12-14-32-55(54)64(56,48-23-4-2-5-24-48)49-25-6-3-7-26-49/h2-42,62H,1H3. The summed E-state index contributed by atoms with van der Waals surface area (Å²) in [6.07, 6.45) is 4.49. The average Bonchev–Trinajstić information content (AvgIpc) is 3.88.